The number of halogens is 3. The van der Waals surface area contributed by atoms with E-state index in [9.17, 15) is 18.0 Å². The number of benzene rings is 3. The van der Waals surface area contributed by atoms with Gasteiger partial charge in [0, 0.05) is 29.2 Å². The highest BCUT2D eigenvalue weighted by Crippen LogP contribution is 2.49. The second kappa shape index (κ2) is 10.2. The zero-order valence-corrected chi connectivity index (χ0v) is 20.6. The van der Waals surface area contributed by atoms with Gasteiger partial charge in [0.2, 0.25) is 5.82 Å². The Balaban J connectivity index is 1.55. The number of carbonyl (C=O) groups is 1. The Morgan fingerprint density at radius 2 is 1.79 bits per heavy atom. The average Bonchev–Trinajstić information content (AvgIpc) is 3.52. The number of anilines is 2. The minimum absolute atomic E-state index is 0.136. The topological polar surface area (TPSA) is 105 Å². The molecule has 0 spiro atoms. The van der Waals surface area contributed by atoms with Crippen molar-refractivity contribution in [1.29, 1.82) is 0 Å². The molecular weight excluding hydrogens is 497 g/mol. The van der Waals surface area contributed by atoms with Gasteiger partial charge in [0.25, 0.3) is 0 Å². The summed E-state index contributed by atoms with van der Waals surface area (Å²) in [6, 6.07) is 17.7. The Morgan fingerprint density at radius 3 is 2.47 bits per heavy atom. The van der Waals surface area contributed by atoms with Gasteiger partial charge in [0.15, 0.2) is 0 Å². The fourth-order valence-corrected chi connectivity index (χ4v) is 4.66. The van der Waals surface area contributed by atoms with Crippen molar-refractivity contribution < 1.29 is 22.7 Å². The maximum atomic E-state index is 13.1. The number of hydrogen-bond acceptors (Lipinski definition) is 5. The van der Waals surface area contributed by atoms with Crippen LogP contribution in [0.25, 0.3) is 22.5 Å². The van der Waals surface area contributed by atoms with Crippen LogP contribution in [0.5, 0.6) is 5.75 Å². The average molecular weight is 523 g/mol. The number of ether oxygens (including phenoxy) is 1. The maximum absolute atomic E-state index is 13.1. The highest BCUT2D eigenvalue weighted by Gasteiger charge is 2.37. The number of urea groups is 1. The van der Waals surface area contributed by atoms with E-state index in [4.69, 9.17) is 4.74 Å². The van der Waals surface area contributed by atoms with Crippen LogP contribution in [-0.2, 0) is 0 Å². The number of alkyl halides is 3. The number of aryl methyl sites for hydroxylation is 1. The van der Waals surface area contributed by atoms with Gasteiger partial charge in [-0.05, 0) is 60.9 Å². The monoisotopic (exact) mass is 522 g/mol. The summed E-state index contributed by atoms with van der Waals surface area (Å²) >= 11 is 0. The first-order chi connectivity index (χ1) is 18.2. The van der Waals surface area contributed by atoms with Crippen LogP contribution in [0.3, 0.4) is 0 Å². The third-order valence-corrected chi connectivity index (χ3v) is 6.51. The predicted molar refractivity (Wildman–Crippen MR) is 137 cm³/mol. The van der Waals surface area contributed by atoms with Gasteiger partial charge in [-0.2, -0.15) is 18.4 Å². The van der Waals surface area contributed by atoms with Crippen LogP contribution in [-0.4, -0.2) is 38.9 Å². The van der Waals surface area contributed by atoms with E-state index in [2.05, 4.69) is 31.3 Å². The van der Waals surface area contributed by atoms with Crippen LogP contribution in [0.2, 0.25) is 0 Å². The molecule has 2 amide bonds. The first kappa shape index (κ1) is 25.2. The number of nitrogens with one attached hydrogen (secondary N) is 3. The fourth-order valence-electron chi connectivity index (χ4n) is 4.66. The number of tetrazole rings is 1. The number of nitrogens with zero attached hydrogens (tertiary/aromatic N) is 3. The van der Waals surface area contributed by atoms with Crippen LogP contribution in [0, 0.1) is 6.92 Å². The van der Waals surface area contributed by atoms with Gasteiger partial charge in [0.1, 0.15) is 11.9 Å². The first-order valence-electron chi connectivity index (χ1n) is 12.1. The van der Waals surface area contributed by atoms with Crippen molar-refractivity contribution in [2.45, 2.75) is 44.9 Å². The van der Waals surface area contributed by atoms with Crippen molar-refractivity contribution in [3.63, 3.8) is 0 Å². The zero-order valence-electron chi connectivity index (χ0n) is 20.6. The molecule has 0 bridgehead atoms. The van der Waals surface area contributed by atoms with Crippen molar-refractivity contribution in [2.75, 3.05) is 10.6 Å². The largest absolute Gasteiger partial charge is 0.488 e. The second-order valence-electron chi connectivity index (χ2n) is 9.25. The lowest BCUT2D eigenvalue weighted by Crippen LogP contribution is -2.20. The van der Waals surface area contributed by atoms with Crippen molar-refractivity contribution >= 4 is 17.4 Å². The van der Waals surface area contributed by atoms with Crippen molar-refractivity contribution in [2.24, 2.45) is 0 Å². The SMILES string of the molecule is Cc1ccc(NC(=O)Nc2cc(-c3ccccc3-c3nn[nH]n3)cc3c2O[C@H](C)[C@H]3CCC(F)(F)F)cc1. The summed E-state index contributed by atoms with van der Waals surface area (Å²) in [5, 5.41) is 19.8. The Hall–Kier alpha value is -4.41. The molecule has 2 heterocycles. The van der Waals surface area contributed by atoms with E-state index in [0.717, 1.165) is 11.1 Å². The van der Waals surface area contributed by atoms with Crippen molar-refractivity contribution in [3.8, 4) is 28.3 Å². The van der Waals surface area contributed by atoms with Crippen molar-refractivity contribution in [1.82, 2.24) is 20.6 Å². The van der Waals surface area contributed by atoms with Gasteiger partial charge in [-0.25, -0.2) is 4.79 Å². The third kappa shape index (κ3) is 5.46. The molecule has 38 heavy (non-hydrogen) atoms. The summed E-state index contributed by atoms with van der Waals surface area (Å²) in [6.07, 6.45) is -5.87. The minimum Gasteiger partial charge on any atom is -0.488 e. The van der Waals surface area contributed by atoms with Crippen LogP contribution >= 0.6 is 0 Å². The third-order valence-electron chi connectivity index (χ3n) is 6.51. The Labute approximate surface area is 216 Å². The summed E-state index contributed by atoms with van der Waals surface area (Å²) < 4.78 is 45.4. The molecule has 196 valence electrons. The molecule has 11 heteroatoms. The lowest BCUT2D eigenvalue weighted by atomic mass is 9.88. The number of aromatic nitrogens is 4. The lowest BCUT2D eigenvalue weighted by Gasteiger charge is -2.17. The Morgan fingerprint density at radius 1 is 1.05 bits per heavy atom. The van der Waals surface area contributed by atoms with Gasteiger partial charge in [-0.1, -0.05) is 42.0 Å². The minimum atomic E-state index is -4.29. The summed E-state index contributed by atoms with van der Waals surface area (Å²) in [4.78, 5) is 12.9. The number of carbonyl (C=O) groups excluding carboxylic acids is 1. The number of amides is 2. The predicted octanol–water partition coefficient (Wildman–Crippen LogP) is 6.69. The smallest absolute Gasteiger partial charge is 0.389 e. The van der Waals surface area contributed by atoms with E-state index >= 15 is 0 Å². The molecule has 4 aromatic rings. The van der Waals surface area contributed by atoms with E-state index in [0.29, 0.717) is 39.6 Å². The normalized spacial score (nSPS) is 16.6. The van der Waals surface area contributed by atoms with Gasteiger partial charge in [-0.3, -0.25) is 0 Å². The zero-order chi connectivity index (χ0) is 26.9. The van der Waals surface area contributed by atoms with Gasteiger partial charge in [0.05, 0.1) is 5.69 Å². The highest BCUT2D eigenvalue weighted by molar-refractivity contribution is 6.01. The molecule has 0 radical (unpaired) electrons. The number of hydrogen-bond donors (Lipinski definition) is 3. The standard InChI is InChI=1S/C27H25F3N6O2/c1-15-7-9-18(10-8-15)31-26(37)32-23-14-17(20-5-3-4-6-21(20)25-33-35-36-34-25)13-22-19(11-12-27(28,29)30)16(2)38-24(22)23/h3-10,13-14,16,19H,11-12H2,1-2H3,(H2,31,32,37)(H,33,34,35,36)/t16-,19-/m1/s1. The van der Waals surface area contributed by atoms with E-state index in [1.807, 2.05) is 49.4 Å². The highest BCUT2D eigenvalue weighted by atomic mass is 19.4. The maximum Gasteiger partial charge on any atom is 0.389 e. The summed E-state index contributed by atoms with van der Waals surface area (Å²) in [5.41, 5.74) is 4.68. The lowest BCUT2D eigenvalue weighted by molar-refractivity contribution is -0.136. The molecule has 1 aliphatic rings. The van der Waals surface area contributed by atoms with Gasteiger partial charge < -0.3 is 15.4 Å². The van der Waals surface area contributed by atoms with E-state index < -0.39 is 30.7 Å². The van der Waals surface area contributed by atoms with Gasteiger partial charge in [-0.15, -0.1) is 10.2 Å². The molecule has 3 aromatic carbocycles. The summed E-state index contributed by atoms with van der Waals surface area (Å²) in [7, 11) is 0. The number of fused-ring (bicyclic) bond motifs is 1. The van der Waals surface area contributed by atoms with Crippen LogP contribution in [0.4, 0.5) is 29.3 Å². The molecule has 1 aliphatic heterocycles. The van der Waals surface area contributed by atoms with E-state index in [-0.39, 0.29) is 6.42 Å². The molecule has 1 aromatic heterocycles. The van der Waals surface area contributed by atoms with Crippen molar-refractivity contribution in [3.05, 3.63) is 71.8 Å². The van der Waals surface area contributed by atoms with Crippen LogP contribution < -0.4 is 15.4 Å². The van der Waals surface area contributed by atoms with Crippen LogP contribution in [0.15, 0.2) is 60.7 Å². The second-order valence-corrected chi connectivity index (χ2v) is 9.25. The van der Waals surface area contributed by atoms with E-state index in [1.54, 1.807) is 25.1 Å². The summed E-state index contributed by atoms with van der Waals surface area (Å²) in [5.74, 6) is 0.222. The number of H-pyrrole nitrogens is 1. The Bertz CT molecular complexity index is 1440. The molecule has 0 saturated carbocycles. The summed E-state index contributed by atoms with van der Waals surface area (Å²) in [6.45, 7) is 3.68. The molecule has 0 saturated heterocycles. The van der Waals surface area contributed by atoms with Crippen LogP contribution in [0.1, 0.15) is 36.8 Å². The first-order valence-corrected chi connectivity index (χ1v) is 12.1. The molecule has 0 unspecified atom stereocenters. The number of rotatable bonds is 6. The Kier molecular flexibility index (Phi) is 6.75. The fraction of sp³-hybridized carbons (Fsp3) is 0.259. The molecule has 0 aliphatic carbocycles. The van der Waals surface area contributed by atoms with Gasteiger partial charge >= 0.3 is 12.2 Å². The van der Waals surface area contributed by atoms with E-state index in [1.165, 1.54) is 0 Å². The molecule has 5 rings (SSSR count). The number of aromatic amines is 1. The molecule has 3 N–H and O–H groups in total. The quantitative estimate of drug-likeness (QED) is 0.262. The molecular formula is C27H25F3N6O2. The molecule has 0 fully saturated rings. The molecule has 2 atom stereocenters. The molecule has 8 nitrogen and oxygen atoms in total.